The molecule has 0 saturated heterocycles. The number of halogens is 1. The van der Waals surface area contributed by atoms with Crippen LogP contribution in [0.5, 0.6) is 0 Å². The van der Waals surface area contributed by atoms with Crippen LogP contribution in [0.1, 0.15) is 11.1 Å². The standard InChI is InChI=1S/C9H9BrO2/c10-6-8-3-1-2-7(4-8)5-9(11)12/h1-4H,5-6H2,(H,11,12). The van der Waals surface area contributed by atoms with Gasteiger partial charge in [0.25, 0.3) is 0 Å². The molecular formula is C9H9BrO2. The molecule has 0 bridgehead atoms. The van der Waals surface area contributed by atoms with Crippen LogP contribution in [0, 0.1) is 0 Å². The summed E-state index contributed by atoms with van der Waals surface area (Å²) in [7, 11) is 0. The van der Waals surface area contributed by atoms with Crippen molar-refractivity contribution in [2.75, 3.05) is 0 Å². The lowest BCUT2D eigenvalue weighted by Crippen LogP contribution is -1.99. The van der Waals surface area contributed by atoms with Crippen molar-refractivity contribution >= 4 is 21.9 Å². The molecule has 0 heterocycles. The molecule has 1 aromatic carbocycles. The van der Waals surface area contributed by atoms with Crippen molar-refractivity contribution in [2.24, 2.45) is 0 Å². The van der Waals surface area contributed by atoms with E-state index in [9.17, 15) is 4.79 Å². The van der Waals surface area contributed by atoms with Gasteiger partial charge in [-0.3, -0.25) is 4.79 Å². The second kappa shape index (κ2) is 4.26. The minimum Gasteiger partial charge on any atom is -0.481 e. The van der Waals surface area contributed by atoms with Gasteiger partial charge in [-0.1, -0.05) is 40.2 Å². The van der Waals surface area contributed by atoms with Gasteiger partial charge in [0.15, 0.2) is 0 Å². The molecule has 0 radical (unpaired) electrons. The normalized spacial score (nSPS) is 9.75. The van der Waals surface area contributed by atoms with E-state index in [0.29, 0.717) is 0 Å². The fraction of sp³-hybridized carbons (Fsp3) is 0.222. The first-order valence-electron chi connectivity index (χ1n) is 3.58. The van der Waals surface area contributed by atoms with Crippen LogP contribution in [0.2, 0.25) is 0 Å². The first kappa shape index (κ1) is 9.26. The van der Waals surface area contributed by atoms with Crippen molar-refractivity contribution in [1.82, 2.24) is 0 Å². The van der Waals surface area contributed by atoms with Gasteiger partial charge in [0, 0.05) is 5.33 Å². The first-order valence-corrected chi connectivity index (χ1v) is 4.70. The van der Waals surface area contributed by atoms with Gasteiger partial charge < -0.3 is 5.11 Å². The van der Waals surface area contributed by atoms with Crippen LogP contribution in [-0.4, -0.2) is 11.1 Å². The Morgan fingerprint density at radius 2 is 2.08 bits per heavy atom. The summed E-state index contributed by atoms with van der Waals surface area (Å²) in [5.41, 5.74) is 1.95. The van der Waals surface area contributed by atoms with Gasteiger partial charge in [-0.15, -0.1) is 0 Å². The largest absolute Gasteiger partial charge is 0.481 e. The van der Waals surface area contributed by atoms with Crippen LogP contribution in [0.3, 0.4) is 0 Å². The number of hydrogen-bond donors (Lipinski definition) is 1. The van der Waals surface area contributed by atoms with Gasteiger partial charge in [-0.25, -0.2) is 0 Å². The number of alkyl halides is 1. The minimum atomic E-state index is -0.790. The second-order valence-corrected chi connectivity index (χ2v) is 3.08. The highest BCUT2D eigenvalue weighted by atomic mass is 79.9. The van der Waals surface area contributed by atoms with Gasteiger partial charge in [-0.2, -0.15) is 0 Å². The van der Waals surface area contributed by atoms with E-state index in [-0.39, 0.29) is 6.42 Å². The lowest BCUT2D eigenvalue weighted by molar-refractivity contribution is -0.136. The summed E-state index contributed by atoms with van der Waals surface area (Å²) < 4.78 is 0. The number of benzene rings is 1. The van der Waals surface area contributed by atoms with Crippen LogP contribution in [0.25, 0.3) is 0 Å². The van der Waals surface area contributed by atoms with Crippen LogP contribution in [-0.2, 0) is 16.5 Å². The molecule has 12 heavy (non-hydrogen) atoms. The third kappa shape index (κ3) is 2.66. The van der Waals surface area contributed by atoms with Crippen LogP contribution < -0.4 is 0 Å². The SMILES string of the molecule is O=C(O)Cc1cccc(CBr)c1. The summed E-state index contributed by atoms with van der Waals surface area (Å²) in [6, 6.07) is 7.54. The van der Waals surface area contributed by atoms with E-state index < -0.39 is 5.97 Å². The molecule has 3 heteroatoms. The molecule has 2 nitrogen and oxygen atoms in total. The van der Waals surface area contributed by atoms with Crippen molar-refractivity contribution in [2.45, 2.75) is 11.8 Å². The van der Waals surface area contributed by atoms with E-state index in [0.717, 1.165) is 16.5 Å². The van der Waals surface area contributed by atoms with Crippen molar-refractivity contribution in [1.29, 1.82) is 0 Å². The predicted octanol–water partition coefficient (Wildman–Crippen LogP) is 2.21. The monoisotopic (exact) mass is 228 g/mol. The molecule has 0 aliphatic heterocycles. The molecule has 1 aromatic rings. The summed E-state index contributed by atoms with van der Waals surface area (Å²) in [5, 5.41) is 9.28. The average Bonchev–Trinajstić information content (AvgIpc) is 2.03. The Hall–Kier alpha value is -0.830. The predicted molar refractivity (Wildman–Crippen MR) is 50.4 cm³/mol. The molecule has 0 spiro atoms. The number of carbonyl (C=O) groups is 1. The average molecular weight is 229 g/mol. The lowest BCUT2D eigenvalue weighted by Gasteiger charge is -1.99. The third-order valence-electron chi connectivity index (χ3n) is 1.50. The fourth-order valence-electron chi connectivity index (χ4n) is 0.997. The van der Waals surface area contributed by atoms with Gasteiger partial charge in [0.1, 0.15) is 0 Å². The highest BCUT2D eigenvalue weighted by molar-refractivity contribution is 9.08. The fourth-order valence-corrected chi connectivity index (χ4v) is 1.35. The molecule has 1 rings (SSSR count). The molecule has 0 atom stereocenters. The molecule has 0 saturated carbocycles. The summed E-state index contributed by atoms with van der Waals surface area (Å²) in [5.74, 6) is -0.790. The molecule has 0 unspecified atom stereocenters. The van der Waals surface area contributed by atoms with Gasteiger partial charge in [0.2, 0.25) is 0 Å². The molecular weight excluding hydrogens is 220 g/mol. The zero-order valence-electron chi connectivity index (χ0n) is 6.46. The summed E-state index contributed by atoms with van der Waals surface area (Å²) >= 11 is 3.31. The number of carboxylic acids is 1. The molecule has 1 N–H and O–H groups in total. The Labute approximate surface area is 79.3 Å². The van der Waals surface area contributed by atoms with Crippen molar-refractivity contribution in [3.05, 3.63) is 35.4 Å². The van der Waals surface area contributed by atoms with E-state index in [2.05, 4.69) is 15.9 Å². The Morgan fingerprint density at radius 1 is 1.42 bits per heavy atom. The van der Waals surface area contributed by atoms with E-state index in [1.54, 1.807) is 0 Å². The summed E-state index contributed by atoms with van der Waals surface area (Å²) in [6.45, 7) is 0. The number of carboxylic acid groups (broad SMARTS) is 1. The van der Waals surface area contributed by atoms with Crippen LogP contribution in [0.15, 0.2) is 24.3 Å². The summed E-state index contributed by atoms with van der Waals surface area (Å²) in [6.07, 6.45) is 0.0981. The maximum absolute atomic E-state index is 10.4. The van der Waals surface area contributed by atoms with Gasteiger partial charge >= 0.3 is 5.97 Å². The number of aliphatic carboxylic acids is 1. The zero-order chi connectivity index (χ0) is 8.97. The maximum atomic E-state index is 10.4. The van der Waals surface area contributed by atoms with Crippen molar-refractivity contribution < 1.29 is 9.90 Å². The Kier molecular flexibility index (Phi) is 3.29. The number of hydrogen-bond acceptors (Lipinski definition) is 1. The quantitative estimate of drug-likeness (QED) is 0.806. The Morgan fingerprint density at radius 3 is 2.67 bits per heavy atom. The Bertz CT molecular complexity index is 284. The van der Waals surface area contributed by atoms with E-state index in [4.69, 9.17) is 5.11 Å². The van der Waals surface area contributed by atoms with E-state index in [1.165, 1.54) is 0 Å². The van der Waals surface area contributed by atoms with Crippen LogP contribution >= 0.6 is 15.9 Å². The van der Waals surface area contributed by atoms with E-state index in [1.807, 2.05) is 24.3 Å². The number of rotatable bonds is 3. The van der Waals surface area contributed by atoms with Crippen LogP contribution in [0.4, 0.5) is 0 Å². The molecule has 64 valence electrons. The first-order chi connectivity index (χ1) is 5.72. The molecule has 0 amide bonds. The van der Waals surface area contributed by atoms with Gasteiger partial charge in [0.05, 0.1) is 6.42 Å². The van der Waals surface area contributed by atoms with Crippen molar-refractivity contribution in [3.63, 3.8) is 0 Å². The lowest BCUT2D eigenvalue weighted by atomic mass is 10.1. The molecule has 0 aromatic heterocycles. The smallest absolute Gasteiger partial charge is 0.307 e. The van der Waals surface area contributed by atoms with Crippen molar-refractivity contribution in [3.8, 4) is 0 Å². The zero-order valence-corrected chi connectivity index (χ0v) is 8.04. The molecule has 0 aliphatic rings. The van der Waals surface area contributed by atoms with Gasteiger partial charge in [-0.05, 0) is 11.1 Å². The minimum absolute atomic E-state index is 0.0981. The summed E-state index contributed by atoms with van der Waals surface area (Å²) in [4.78, 5) is 10.4. The highest BCUT2D eigenvalue weighted by Gasteiger charge is 1.99. The molecule has 0 fully saturated rings. The highest BCUT2D eigenvalue weighted by Crippen LogP contribution is 2.09. The molecule has 0 aliphatic carbocycles. The Balaban J connectivity index is 2.79. The third-order valence-corrected chi connectivity index (χ3v) is 2.15. The maximum Gasteiger partial charge on any atom is 0.307 e. The van der Waals surface area contributed by atoms with E-state index >= 15 is 0 Å². The topological polar surface area (TPSA) is 37.3 Å². The second-order valence-electron chi connectivity index (χ2n) is 2.52.